The molecule has 0 N–H and O–H groups in total. The molecular weight excluding hydrogens is 707 g/mol. The molecule has 240 valence electrons. The molecule has 0 bridgehead atoms. The van der Waals surface area contributed by atoms with E-state index in [9.17, 15) is 0 Å². The molecule has 5 aromatic carbocycles. The number of rotatable bonds is 3. The van der Waals surface area contributed by atoms with E-state index in [0.29, 0.717) is 7.25 Å². The third-order valence-electron chi connectivity index (χ3n) is 10.2. The van der Waals surface area contributed by atoms with Crippen LogP contribution in [0.3, 0.4) is 0 Å². The molecular formula is C43H46Cl2SiZr. The molecule has 0 spiro atoms. The predicted molar refractivity (Wildman–Crippen MR) is 194 cm³/mol. The first-order valence-corrected chi connectivity index (χ1v) is 25.6. The van der Waals surface area contributed by atoms with Gasteiger partial charge in [-0.3, -0.25) is 0 Å². The summed E-state index contributed by atoms with van der Waals surface area (Å²) in [5.74, 6) is 0. The Kier molecular flexibility index (Phi) is 10.2. The van der Waals surface area contributed by atoms with E-state index in [0.717, 1.165) is 0 Å². The summed E-state index contributed by atoms with van der Waals surface area (Å²) >= 11 is -2.41. The molecule has 1 atom stereocenters. The van der Waals surface area contributed by atoms with Gasteiger partial charge < -0.3 is 24.8 Å². The monoisotopic (exact) mass is 750 g/mol. The van der Waals surface area contributed by atoms with Crippen molar-refractivity contribution in [3.63, 3.8) is 0 Å². The van der Waals surface area contributed by atoms with Crippen LogP contribution in [0.4, 0.5) is 0 Å². The summed E-state index contributed by atoms with van der Waals surface area (Å²) < 4.78 is 1.07. The summed E-state index contributed by atoms with van der Waals surface area (Å²) in [6.45, 7) is 21.8. The zero-order valence-corrected chi connectivity index (χ0v) is 34.2. The summed E-state index contributed by atoms with van der Waals surface area (Å²) in [5, 5.41) is 2.75. The Hall–Kier alpha value is -2.22. The molecule has 0 fully saturated rings. The van der Waals surface area contributed by atoms with Crippen molar-refractivity contribution in [2.24, 2.45) is 0 Å². The fourth-order valence-electron chi connectivity index (χ4n) is 7.86. The largest absolute Gasteiger partial charge is 1.00 e. The van der Waals surface area contributed by atoms with Crippen LogP contribution in [0.2, 0.25) is 13.1 Å². The van der Waals surface area contributed by atoms with Crippen molar-refractivity contribution in [3.05, 3.63) is 142 Å². The van der Waals surface area contributed by atoms with Crippen molar-refractivity contribution >= 4 is 27.9 Å². The Morgan fingerprint density at radius 1 is 0.574 bits per heavy atom. The Labute approximate surface area is 303 Å². The van der Waals surface area contributed by atoms with E-state index in [2.05, 4.69) is 165 Å². The molecule has 0 nitrogen and oxygen atoms in total. The molecule has 0 heterocycles. The van der Waals surface area contributed by atoms with E-state index in [4.69, 9.17) is 0 Å². The van der Waals surface area contributed by atoms with E-state index in [1.807, 2.05) is 0 Å². The molecule has 1 unspecified atom stereocenters. The van der Waals surface area contributed by atoms with E-state index in [-0.39, 0.29) is 35.6 Å². The molecule has 0 aromatic heterocycles. The molecule has 0 amide bonds. The van der Waals surface area contributed by atoms with Crippen LogP contribution in [0.15, 0.2) is 97.1 Å². The van der Waals surface area contributed by atoms with Crippen LogP contribution in [-0.4, -0.2) is 5.43 Å². The second-order valence-electron chi connectivity index (χ2n) is 15.7. The van der Waals surface area contributed by atoms with Gasteiger partial charge in [0, 0.05) is 0 Å². The maximum absolute atomic E-state index is 2.66. The maximum Gasteiger partial charge on any atom is -1.00 e. The summed E-state index contributed by atoms with van der Waals surface area (Å²) in [6.07, 6.45) is 2.58. The van der Waals surface area contributed by atoms with Crippen LogP contribution in [0.25, 0.3) is 33.5 Å². The van der Waals surface area contributed by atoms with E-state index in [1.54, 1.807) is 22.3 Å². The van der Waals surface area contributed by atoms with Crippen molar-refractivity contribution < 1.29 is 45.2 Å². The molecule has 47 heavy (non-hydrogen) atoms. The zero-order valence-electron chi connectivity index (χ0n) is 29.2. The van der Waals surface area contributed by atoms with Crippen molar-refractivity contribution in [1.82, 2.24) is 0 Å². The fourth-order valence-corrected chi connectivity index (χ4v) is 27.7. The van der Waals surface area contributed by atoms with Gasteiger partial charge in [-0.15, -0.1) is 0 Å². The second-order valence-corrected chi connectivity index (χ2v) is 33.6. The Morgan fingerprint density at radius 2 is 1.13 bits per heavy atom. The van der Waals surface area contributed by atoms with E-state index >= 15 is 0 Å². The molecule has 0 saturated carbocycles. The normalized spacial score (nSPS) is 15.1. The van der Waals surface area contributed by atoms with Crippen molar-refractivity contribution in [1.29, 1.82) is 0 Å². The minimum atomic E-state index is -2.41. The number of aryl methyl sites for hydroxylation is 1. The minimum absolute atomic E-state index is 0. The third-order valence-corrected chi connectivity index (χ3v) is 29.4. The molecule has 5 aromatic rings. The van der Waals surface area contributed by atoms with E-state index < -0.39 is 25.8 Å². The Bertz CT molecular complexity index is 2010. The van der Waals surface area contributed by atoms with E-state index in [1.165, 1.54) is 49.7 Å². The average molecular weight is 753 g/mol. The second kappa shape index (κ2) is 13.2. The van der Waals surface area contributed by atoms with Gasteiger partial charge in [-0.05, 0) is 0 Å². The van der Waals surface area contributed by atoms with Gasteiger partial charge >= 0.3 is 281 Å². The summed E-state index contributed by atoms with van der Waals surface area (Å²) in [4.78, 5) is 0. The quantitative estimate of drug-likeness (QED) is 0.199. The van der Waals surface area contributed by atoms with Gasteiger partial charge in [-0.2, -0.15) is 0 Å². The number of fused-ring (bicyclic) bond motifs is 5. The smallest absolute Gasteiger partial charge is 1.00 e. The molecule has 4 heteroatoms. The minimum Gasteiger partial charge on any atom is -1.00 e. The standard InChI is InChI=1S/C21H25.C20H15.C2H6Si.2ClH.Zr/c1-20(2,3)16-7-9-18-14(12-16)11-15-13-17(21(4,5)6)8-10-19(15)18;1-14-10-17-8-4-5-9-19(17)20(11-14)18-12-15-6-2-3-7-16(15)13-18;1-3-2;;;/h7-13H,1-6H3;2-13H,1H3;1-2H3;2*1H;/q;;;;;+2/p-2. The van der Waals surface area contributed by atoms with Crippen molar-refractivity contribution in [3.8, 4) is 11.1 Å². The maximum atomic E-state index is 2.66. The molecule has 0 saturated heterocycles. The summed E-state index contributed by atoms with van der Waals surface area (Å²) in [5.41, 5.74) is 16.2. The summed E-state index contributed by atoms with van der Waals surface area (Å²) in [7, 11) is 0. The third kappa shape index (κ3) is 6.34. The van der Waals surface area contributed by atoms with Gasteiger partial charge in [0.1, 0.15) is 0 Å². The number of hydrogen-bond acceptors (Lipinski definition) is 0. The van der Waals surface area contributed by atoms with Crippen molar-refractivity contribution in [2.75, 3.05) is 0 Å². The van der Waals surface area contributed by atoms with Crippen LogP contribution in [0.1, 0.15) is 93.3 Å². The first-order chi connectivity index (χ1) is 21.3. The average Bonchev–Trinajstić information content (AvgIpc) is 3.52. The van der Waals surface area contributed by atoms with Gasteiger partial charge in [0.25, 0.3) is 0 Å². The van der Waals surface area contributed by atoms with Gasteiger partial charge in [0.15, 0.2) is 0 Å². The van der Waals surface area contributed by atoms with Gasteiger partial charge in [-0.1, -0.05) is 0 Å². The SMILES string of the molecule is Cc1cc(C2=Cc3ccccc3[CH]2[Zr+2]([CH]2c3cc(C(C)(C)C)ccc3-c3ccc(C(C)(C)C)cc32)=[Si](C)C)c2ccccc2c1.[Cl-].[Cl-]. The zero-order chi connectivity index (χ0) is 31.8. The van der Waals surface area contributed by atoms with Crippen LogP contribution < -0.4 is 24.8 Å². The van der Waals surface area contributed by atoms with Crippen molar-refractivity contribution in [2.45, 2.75) is 79.6 Å². The number of allylic oxidation sites excluding steroid dienone is 1. The van der Waals surface area contributed by atoms with Gasteiger partial charge in [0.05, 0.1) is 0 Å². The van der Waals surface area contributed by atoms with Crippen LogP contribution in [0, 0.1) is 6.92 Å². The molecule has 2 aliphatic carbocycles. The number of benzene rings is 5. The Balaban J connectivity index is 0.00000217. The first-order valence-electron chi connectivity index (χ1n) is 16.6. The summed E-state index contributed by atoms with van der Waals surface area (Å²) in [6, 6.07) is 38.3. The topological polar surface area (TPSA) is 0 Å². The van der Waals surface area contributed by atoms with Crippen LogP contribution in [0.5, 0.6) is 0 Å². The Morgan fingerprint density at radius 3 is 1.70 bits per heavy atom. The number of halogens is 2. The molecule has 0 aliphatic heterocycles. The molecule has 7 rings (SSSR count). The molecule has 0 radical (unpaired) electrons. The van der Waals surface area contributed by atoms with Crippen LogP contribution in [-0.2, 0) is 31.2 Å². The number of hydrogen-bond donors (Lipinski definition) is 0. The van der Waals surface area contributed by atoms with Gasteiger partial charge in [0.2, 0.25) is 0 Å². The van der Waals surface area contributed by atoms with Gasteiger partial charge in [-0.25, -0.2) is 0 Å². The molecule has 2 aliphatic rings. The predicted octanol–water partition coefficient (Wildman–Crippen LogP) is 5.99. The van der Waals surface area contributed by atoms with Crippen LogP contribution >= 0.6 is 0 Å². The first kappa shape index (κ1) is 36.1. The fraction of sp³-hybridized carbons (Fsp3) is 0.302.